The van der Waals surface area contributed by atoms with Crippen molar-refractivity contribution < 1.29 is 14.3 Å². The minimum absolute atomic E-state index is 0.252. The summed E-state index contributed by atoms with van der Waals surface area (Å²) < 4.78 is 5.35. The topological polar surface area (TPSA) is 50.4 Å². The van der Waals surface area contributed by atoms with Gasteiger partial charge in [0.15, 0.2) is 0 Å². The van der Waals surface area contributed by atoms with E-state index in [1.807, 2.05) is 32.9 Å². The number of aryl methyl sites for hydroxylation is 1. The van der Waals surface area contributed by atoms with Crippen LogP contribution in [0.1, 0.15) is 41.3 Å². The van der Waals surface area contributed by atoms with E-state index in [2.05, 4.69) is 0 Å². The standard InChI is InChI=1S/C13H14O3/c1-7(2)9-5-4-8(3)12-11(9)10(6-16-12)13(14)15/h4-7H,1-3H3,(H,14,15). The lowest BCUT2D eigenvalue weighted by Crippen LogP contribution is -1.98. The summed E-state index contributed by atoms with van der Waals surface area (Å²) in [5.74, 6) is -0.662. The molecule has 0 unspecified atom stereocenters. The average molecular weight is 218 g/mol. The molecule has 0 saturated carbocycles. The van der Waals surface area contributed by atoms with Crippen molar-refractivity contribution in [1.29, 1.82) is 0 Å². The number of fused-ring (bicyclic) bond motifs is 1. The quantitative estimate of drug-likeness (QED) is 0.838. The molecule has 3 heteroatoms. The van der Waals surface area contributed by atoms with Gasteiger partial charge < -0.3 is 9.52 Å². The van der Waals surface area contributed by atoms with Gasteiger partial charge in [-0.05, 0) is 24.0 Å². The van der Waals surface area contributed by atoms with Crippen LogP contribution in [0.5, 0.6) is 0 Å². The number of rotatable bonds is 2. The Kier molecular flexibility index (Phi) is 2.46. The zero-order valence-corrected chi connectivity index (χ0v) is 9.57. The molecule has 0 bridgehead atoms. The van der Waals surface area contributed by atoms with Crippen LogP contribution in [0.25, 0.3) is 11.0 Å². The molecule has 84 valence electrons. The first-order valence-electron chi connectivity index (χ1n) is 5.26. The molecule has 16 heavy (non-hydrogen) atoms. The zero-order valence-electron chi connectivity index (χ0n) is 9.57. The van der Waals surface area contributed by atoms with E-state index in [0.29, 0.717) is 5.58 Å². The van der Waals surface area contributed by atoms with Gasteiger partial charge in [0.05, 0.1) is 0 Å². The number of furan rings is 1. The normalized spacial score (nSPS) is 11.2. The number of carboxylic acid groups (broad SMARTS) is 1. The lowest BCUT2D eigenvalue weighted by molar-refractivity contribution is 0.0698. The smallest absolute Gasteiger partial charge is 0.339 e. The fourth-order valence-electron chi connectivity index (χ4n) is 1.95. The second kappa shape index (κ2) is 3.67. The zero-order chi connectivity index (χ0) is 11.9. The van der Waals surface area contributed by atoms with Crippen molar-refractivity contribution >= 4 is 16.9 Å². The number of benzene rings is 1. The molecule has 0 aliphatic carbocycles. The number of aromatic carboxylic acids is 1. The van der Waals surface area contributed by atoms with E-state index in [4.69, 9.17) is 9.52 Å². The molecule has 0 fully saturated rings. The summed E-state index contributed by atoms with van der Waals surface area (Å²) in [7, 11) is 0. The average Bonchev–Trinajstić information content (AvgIpc) is 2.62. The van der Waals surface area contributed by atoms with Gasteiger partial charge in [0, 0.05) is 5.39 Å². The molecule has 0 spiro atoms. The van der Waals surface area contributed by atoms with E-state index in [1.165, 1.54) is 6.26 Å². The van der Waals surface area contributed by atoms with Crippen LogP contribution in [0.4, 0.5) is 0 Å². The molecule has 0 aliphatic heterocycles. The Hall–Kier alpha value is -1.77. The highest BCUT2D eigenvalue weighted by molar-refractivity contribution is 6.04. The first-order chi connectivity index (χ1) is 7.52. The Morgan fingerprint density at radius 1 is 1.38 bits per heavy atom. The monoisotopic (exact) mass is 218 g/mol. The minimum atomic E-state index is -0.939. The SMILES string of the molecule is Cc1ccc(C(C)C)c2c(C(=O)O)coc12. The molecule has 1 heterocycles. The third kappa shape index (κ3) is 1.48. The summed E-state index contributed by atoms with van der Waals surface area (Å²) in [5.41, 5.74) is 2.92. The summed E-state index contributed by atoms with van der Waals surface area (Å²) in [4.78, 5) is 11.1. The highest BCUT2D eigenvalue weighted by Crippen LogP contribution is 2.32. The van der Waals surface area contributed by atoms with Crippen molar-refractivity contribution in [2.45, 2.75) is 26.7 Å². The van der Waals surface area contributed by atoms with Crippen LogP contribution in [-0.4, -0.2) is 11.1 Å². The molecular weight excluding hydrogens is 204 g/mol. The maximum Gasteiger partial charge on any atom is 0.339 e. The van der Waals surface area contributed by atoms with Gasteiger partial charge in [0.1, 0.15) is 17.4 Å². The van der Waals surface area contributed by atoms with Crippen LogP contribution in [0.2, 0.25) is 0 Å². The molecule has 2 aromatic rings. The first-order valence-corrected chi connectivity index (χ1v) is 5.26. The Bertz CT molecular complexity index is 550. The Morgan fingerprint density at radius 2 is 2.06 bits per heavy atom. The van der Waals surface area contributed by atoms with Crippen molar-refractivity contribution in [2.75, 3.05) is 0 Å². The van der Waals surface area contributed by atoms with Crippen LogP contribution in [0.15, 0.2) is 22.8 Å². The maximum absolute atomic E-state index is 11.1. The predicted molar refractivity (Wildman–Crippen MR) is 62.0 cm³/mol. The number of hydrogen-bond donors (Lipinski definition) is 1. The fourth-order valence-corrected chi connectivity index (χ4v) is 1.95. The van der Waals surface area contributed by atoms with Crippen LogP contribution in [0.3, 0.4) is 0 Å². The van der Waals surface area contributed by atoms with Gasteiger partial charge in [0.25, 0.3) is 0 Å². The van der Waals surface area contributed by atoms with Crippen molar-refractivity contribution in [1.82, 2.24) is 0 Å². The lowest BCUT2D eigenvalue weighted by Gasteiger charge is -2.08. The molecule has 3 nitrogen and oxygen atoms in total. The molecule has 0 saturated heterocycles. The van der Waals surface area contributed by atoms with Gasteiger partial charge in [-0.25, -0.2) is 4.79 Å². The molecule has 0 amide bonds. The summed E-state index contributed by atoms with van der Waals surface area (Å²) in [6.07, 6.45) is 1.33. The molecule has 0 radical (unpaired) electrons. The Morgan fingerprint density at radius 3 is 2.62 bits per heavy atom. The van der Waals surface area contributed by atoms with Gasteiger partial charge in [0.2, 0.25) is 0 Å². The van der Waals surface area contributed by atoms with Gasteiger partial charge in [-0.1, -0.05) is 26.0 Å². The molecule has 0 aliphatic rings. The second-order valence-electron chi connectivity index (χ2n) is 4.29. The Labute approximate surface area is 93.7 Å². The molecule has 1 aromatic carbocycles. The van der Waals surface area contributed by atoms with Crippen LogP contribution < -0.4 is 0 Å². The van der Waals surface area contributed by atoms with E-state index < -0.39 is 5.97 Å². The van der Waals surface area contributed by atoms with Crippen molar-refractivity contribution in [3.05, 3.63) is 35.1 Å². The Balaban J connectivity index is 2.87. The summed E-state index contributed by atoms with van der Waals surface area (Å²) >= 11 is 0. The maximum atomic E-state index is 11.1. The molecule has 1 N–H and O–H groups in total. The van der Waals surface area contributed by atoms with Crippen LogP contribution in [0, 0.1) is 6.92 Å². The van der Waals surface area contributed by atoms with E-state index in [9.17, 15) is 4.79 Å². The summed E-state index contributed by atoms with van der Waals surface area (Å²) in [6.45, 7) is 6.01. The fraction of sp³-hybridized carbons (Fsp3) is 0.308. The number of hydrogen-bond acceptors (Lipinski definition) is 2. The molecular formula is C13H14O3. The van der Waals surface area contributed by atoms with Gasteiger partial charge in [-0.3, -0.25) is 0 Å². The first kappa shape index (κ1) is 10.7. The van der Waals surface area contributed by atoms with E-state index in [1.54, 1.807) is 0 Å². The van der Waals surface area contributed by atoms with E-state index in [-0.39, 0.29) is 11.5 Å². The number of carboxylic acids is 1. The number of carbonyl (C=O) groups is 1. The molecule has 1 aromatic heterocycles. The summed E-state index contributed by atoms with van der Waals surface area (Å²) in [6, 6.07) is 3.94. The van der Waals surface area contributed by atoms with Crippen LogP contribution in [-0.2, 0) is 0 Å². The molecule has 2 rings (SSSR count). The minimum Gasteiger partial charge on any atom is -0.478 e. The third-order valence-corrected chi connectivity index (χ3v) is 2.80. The lowest BCUT2D eigenvalue weighted by atomic mass is 9.95. The van der Waals surface area contributed by atoms with E-state index in [0.717, 1.165) is 16.5 Å². The highest BCUT2D eigenvalue weighted by atomic mass is 16.4. The molecule has 0 atom stereocenters. The van der Waals surface area contributed by atoms with E-state index >= 15 is 0 Å². The van der Waals surface area contributed by atoms with Crippen molar-refractivity contribution in [3.8, 4) is 0 Å². The largest absolute Gasteiger partial charge is 0.478 e. The van der Waals surface area contributed by atoms with Gasteiger partial charge >= 0.3 is 5.97 Å². The predicted octanol–water partition coefficient (Wildman–Crippen LogP) is 3.56. The van der Waals surface area contributed by atoms with Crippen molar-refractivity contribution in [2.24, 2.45) is 0 Å². The van der Waals surface area contributed by atoms with Crippen molar-refractivity contribution in [3.63, 3.8) is 0 Å². The van der Waals surface area contributed by atoms with Gasteiger partial charge in [-0.2, -0.15) is 0 Å². The third-order valence-electron chi connectivity index (χ3n) is 2.80. The van der Waals surface area contributed by atoms with Crippen LogP contribution >= 0.6 is 0 Å². The highest BCUT2D eigenvalue weighted by Gasteiger charge is 2.18. The summed E-state index contributed by atoms with van der Waals surface area (Å²) in [5, 5.41) is 9.85. The van der Waals surface area contributed by atoms with Gasteiger partial charge in [-0.15, -0.1) is 0 Å². The second-order valence-corrected chi connectivity index (χ2v) is 4.29.